The maximum absolute atomic E-state index is 13.9. The molecule has 0 saturated carbocycles. The highest BCUT2D eigenvalue weighted by atomic mass is 35.5. The van der Waals surface area contributed by atoms with Crippen molar-refractivity contribution in [1.29, 1.82) is 0 Å². The second kappa shape index (κ2) is 12.7. The molecule has 1 saturated heterocycles. The van der Waals surface area contributed by atoms with Crippen molar-refractivity contribution in [2.75, 3.05) is 45.9 Å². The van der Waals surface area contributed by atoms with Crippen LogP contribution < -0.4 is 0 Å². The minimum absolute atomic E-state index is 0.0708. The van der Waals surface area contributed by atoms with Crippen LogP contribution in [0.2, 0.25) is 5.02 Å². The first kappa shape index (κ1) is 29.8. The number of carbonyl (C=O) groups excluding carboxylic acids is 2. The van der Waals surface area contributed by atoms with Crippen LogP contribution in [0, 0.1) is 0 Å². The lowest BCUT2D eigenvalue weighted by molar-refractivity contribution is -0.137. The van der Waals surface area contributed by atoms with Crippen molar-refractivity contribution < 1.29 is 27.5 Å². The van der Waals surface area contributed by atoms with Crippen molar-refractivity contribution in [3.63, 3.8) is 0 Å². The number of aryl methyl sites for hydroxylation is 1. The Morgan fingerprint density at radius 1 is 1.05 bits per heavy atom. The highest BCUT2D eigenvalue weighted by Crippen LogP contribution is 2.34. The zero-order chi connectivity index (χ0) is 29.9. The molecule has 0 unspecified atom stereocenters. The van der Waals surface area contributed by atoms with Crippen molar-refractivity contribution >= 4 is 29.1 Å². The fourth-order valence-electron chi connectivity index (χ4n) is 5.16. The van der Waals surface area contributed by atoms with Crippen molar-refractivity contribution in [2.45, 2.75) is 18.6 Å². The van der Waals surface area contributed by atoms with E-state index in [1.807, 2.05) is 42.1 Å². The minimum Gasteiger partial charge on any atom is -0.379 e. The zero-order valence-electron chi connectivity index (χ0n) is 23.1. The van der Waals surface area contributed by atoms with Gasteiger partial charge in [-0.3, -0.25) is 14.5 Å². The molecule has 8 nitrogen and oxygen atoms in total. The fraction of sp³-hybridized carbons (Fsp3) is 0.367. The zero-order valence-corrected chi connectivity index (χ0v) is 23.8. The molecule has 42 heavy (non-hydrogen) atoms. The number of morpholine rings is 1. The van der Waals surface area contributed by atoms with Gasteiger partial charge in [-0.2, -0.15) is 18.3 Å². The van der Waals surface area contributed by atoms with Gasteiger partial charge in [-0.05, 0) is 54.1 Å². The van der Waals surface area contributed by atoms with Crippen molar-refractivity contribution in [1.82, 2.24) is 19.4 Å². The third kappa shape index (κ3) is 6.86. The standard InChI is InChI=1S/C30H31ClF3N5O3/c1-36-12-2-3-26(36)25-19-27(21-6-10-24(31)11-7-21)39(35-25)28(40)20-38(14-13-37-15-17-42-18-16-37)29(41)22-4-8-23(9-5-22)30(32,33)34/h2-12,27H,13-20H2,1H3/t27-/m1/s1. The van der Waals surface area contributed by atoms with Crippen molar-refractivity contribution in [3.8, 4) is 0 Å². The van der Waals surface area contributed by atoms with Gasteiger partial charge in [0.25, 0.3) is 11.8 Å². The van der Waals surface area contributed by atoms with Crippen molar-refractivity contribution in [3.05, 3.63) is 94.3 Å². The topological polar surface area (TPSA) is 70.4 Å². The molecule has 3 heterocycles. The third-order valence-electron chi connectivity index (χ3n) is 7.52. The van der Waals surface area contributed by atoms with Gasteiger partial charge in [0.2, 0.25) is 0 Å². The molecular weight excluding hydrogens is 571 g/mol. The number of ether oxygens (including phenoxy) is 1. The first-order valence-corrected chi connectivity index (χ1v) is 14.0. The Morgan fingerprint density at radius 3 is 2.36 bits per heavy atom. The van der Waals surface area contributed by atoms with Gasteiger partial charge in [-0.1, -0.05) is 23.7 Å². The summed E-state index contributed by atoms with van der Waals surface area (Å²) in [6.07, 6.45) is -2.16. The quantitative estimate of drug-likeness (QED) is 0.370. The minimum atomic E-state index is -4.52. The summed E-state index contributed by atoms with van der Waals surface area (Å²) in [5, 5.41) is 6.68. The van der Waals surface area contributed by atoms with E-state index >= 15 is 0 Å². The Balaban J connectivity index is 1.41. The van der Waals surface area contributed by atoms with Gasteiger partial charge in [-0.25, -0.2) is 5.01 Å². The molecule has 1 aromatic heterocycles. The predicted molar refractivity (Wildman–Crippen MR) is 152 cm³/mol. The molecule has 12 heteroatoms. The number of alkyl halides is 3. The Labute approximate surface area is 246 Å². The largest absolute Gasteiger partial charge is 0.416 e. The van der Waals surface area contributed by atoms with Crippen LogP contribution >= 0.6 is 11.6 Å². The van der Waals surface area contributed by atoms with Gasteiger partial charge in [-0.15, -0.1) is 0 Å². The third-order valence-corrected chi connectivity index (χ3v) is 7.77. The number of hydrogen-bond donors (Lipinski definition) is 0. The van der Waals surface area contributed by atoms with Gasteiger partial charge in [0.05, 0.1) is 36.2 Å². The van der Waals surface area contributed by atoms with Gasteiger partial charge < -0.3 is 14.2 Å². The molecule has 222 valence electrons. The van der Waals surface area contributed by atoms with Crippen LogP contribution in [-0.2, 0) is 22.8 Å². The molecule has 2 aliphatic heterocycles. The summed E-state index contributed by atoms with van der Waals surface area (Å²) in [7, 11) is 1.90. The SMILES string of the molecule is Cn1cccc1C1=NN(C(=O)CN(CCN2CCOCC2)C(=O)c2ccc(C(F)(F)F)cc2)[C@@H](c2ccc(Cl)cc2)C1. The van der Waals surface area contributed by atoms with Crippen LogP contribution in [0.3, 0.4) is 0 Å². The number of rotatable bonds is 8. The lowest BCUT2D eigenvalue weighted by Crippen LogP contribution is -2.46. The molecular formula is C30H31ClF3N5O3. The van der Waals surface area contributed by atoms with Crippen LogP contribution in [0.5, 0.6) is 0 Å². The van der Waals surface area contributed by atoms with Gasteiger partial charge in [0.1, 0.15) is 6.54 Å². The number of halogens is 4. The van der Waals surface area contributed by atoms with E-state index < -0.39 is 29.6 Å². The van der Waals surface area contributed by atoms with Gasteiger partial charge >= 0.3 is 6.18 Å². The Kier molecular flexibility index (Phi) is 9.00. The second-order valence-electron chi connectivity index (χ2n) is 10.3. The highest BCUT2D eigenvalue weighted by Gasteiger charge is 2.36. The Morgan fingerprint density at radius 2 is 1.74 bits per heavy atom. The Hall–Kier alpha value is -3.67. The molecule has 1 atom stereocenters. The number of nitrogens with zero attached hydrogens (tertiary/aromatic N) is 5. The summed E-state index contributed by atoms with van der Waals surface area (Å²) in [6.45, 7) is 2.91. The molecule has 0 bridgehead atoms. The van der Waals surface area contributed by atoms with E-state index in [1.54, 1.807) is 12.1 Å². The monoisotopic (exact) mass is 601 g/mol. The maximum atomic E-state index is 13.9. The van der Waals surface area contributed by atoms with Gasteiger partial charge in [0, 0.05) is 56.4 Å². The van der Waals surface area contributed by atoms with E-state index in [9.17, 15) is 22.8 Å². The van der Waals surface area contributed by atoms with Gasteiger partial charge in [0.15, 0.2) is 0 Å². The molecule has 2 aromatic carbocycles. The second-order valence-corrected chi connectivity index (χ2v) is 10.8. The van der Waals surface area contributed by atoms with Crippen LogP contribution in [0.15, 0.2) is 72.0 Å². The number of aromatic nitrogens is 1. The summed E-state index contributed by atoms with van der Waals surface area (Å²) in [6, 6.07) is 14.7. The normalized spacial score (nSPS) is 17.8. The molecule has 0 N–H and O–H groups in total. The molecule has 5 rings (SSSR count). The molecule has 0 spiro atoms. The molecule has 1 fully saturated rings. The number of carbonyl (C=O) groups is 2. The average Bonchev–Trinajstić information content (AvgIpc) is 3.62. The maximum Gasteiger partial charge on any atom is 0.416 e. The molecule has 3 aromatic rings. The lowest BCUT2D eigenvalue weighted by atomic mass is 10.0. The van der Waals surface area contributed by atoms with Crippen LogP contribution in [0.1, 0.15) is 39.6 Å². The summed E-state index contributed by atoms with van der Waals surface area (Å²) in [5.74, 6) is -0.930. The van der Waals surface area contributed by atoms with Crippen LogP contribution in [0.25, 0.3) is 0 Å². The first-order valence-electron chi connectivity index (χ1n) is 13.6. The van der Waals surface area contributed by atoms with E-state index in [1.165, 1.54) is 9.91 Å². The first-order chi connectivity index (χ1) is 20.1. The predicted octanol–water partition coefficient (Wildman–Crippen LogP) is 4.85. The number of hydrazone groups is 1. The molecule has 0 aliphatic carbocycles. The van der Waals surface area contributed by atoms with Crippen LogP contribution in [-0.4, -0.2) is 82.8 Å². The lowest BCUT2D eigenvalue weighted by Gasteiger charge is -2.31. The van der Waals surface area contributed by atoms with E-state index in [0.29, 0.717) is 44.3 Å². The van der Waals surface area contributed by atoms with E-state index in [4.69, 9.17) is 21.4 Å². The molecule has 0 radical (unpaired) electrons. The smallest absolute Gasteiger partial charge is 0.379 e. The number of amides is 2. The fourth-order valence-corrected chi connectivity index (χ4v) is 5.29. The summed E-state index contributed by atoms with van der Waals surface area (Å²) < 4.78 is 46.7. The summed E-state index contributed by atoms with van der Waals surface area (Å²) in [5.41, 5.74) is 1.66. The molecule has 2 amide bonds. The van der Waals surface area contributed by atoms with E-state index in [0.717, 1.165) is 41.2 Å². The molecule has 2 aliphatic rings. The average molecular weight is 602 g/mol. The van der Waals surface area contributed by atoms with E-state index in [-0.39, 0.29) is 18.7 Å². The number of hydrogen-bond acceptors (Lipinski definition) is 5. The van der Waals surface area contributed by atoms with Crippen LogP contribution in [0.4, 0.5) is 13.2 Å². The van der Waals surface area contributed by atoms with Crippen molar-refractivity contribution in [2.24, 2.45) is 12.1 Å². The van der Waals surface area contributed by atoms with E-state index in [2.05, 4.69) is 4.90 Å². The summed E-state index contributed by atoms with van der Waals surface area (Å²) >= 11 is 6.11. The summed E-state index contributed by atoms with van der Waals surface area (Å²) in [4.78, 5) is 31.0. The number of benzene rings is 2. The Bertz CT molecular complexity index is 1430. The highest BCUT2D eigenvalue weighted by molar-refractivity contribution is 6.30.